The lowest BCUT2D eigenvalue weighted by Gasteiger charge is -2.35. The topological polar surface area (TPSA) is 122 Å². The standard InChI is InChI=1S/C25H27F3N2O7S/c1-24(2,25(26,27)28)37-23(33)29-17-8-10-21-20(13-17)30(14-18(36-21)9-11-22(31)32)38(34,35)19-5-3-4-16(12-19)15-6-7-15/h3-5,8,10,12-13,15,18H,6-7,9,11,14H2,1-2H3,(H,29,33)(H,31,32). The van der Waals surface area contributed by atoms with Crippen molar-refractivity contribution in [2.45, 2.75) is 68.2 Å². The molecule has 4 rings (SSSR count). The summed E-state index contributed by atoms with van der Waals surface area (Å²) in [6.45, 7) is 1.20. The zero-order valence-corrected chi connectivity index (χ0v) is 21.4. The van der Waals surface area contributed by atoms with E-state index in [0.29, 0.717) is 19.8 Å². The van der Waals surface area contributed by atoms with Crippen molar-refractivity contribution in [3.05, 3.63) is 48.0 Å². The van der Waals surface area contributed by atoms with E-state index in [1.165, 1.54) is 24.3 Å². The van der Waals surface area contributed by atoms with Gasteiger partial charge >= 0.3 is 18.2 Å². The molecule has 1 heterocycles. The number of nitrogens with one attached hydrogen (secondary N) is 1. The van der Waals surface area contributed by atoms with Crippen molar-refractivity contribution in [1.29, 1.82) is 0 Å². The number of ether oxygens (including phenoxy) is 2. The Labute approximate surface area is 217 Å². The third-order valence-corrected chi connectivity index (χ3v) is 8.12. The molecule has 0 radical (unpaired) electrons. The fraction of sp³-hybridized carbons (Fsp3) is 0.440. The van der Waals surface area contributed by atoms with E-state index in [0.717, 1.165) is 22.7 Å². The fourth-order valence-electron chi connectivity index (χ4n) is 3.96. The minimum atomic E-state index is -4.81. The first-order chi connectivity index (χ1) is 17.7. The molecule has 2 aromatic carbocycles. The fourth-order valence-corrected chi connectivity index (χ4v) is 5.51. The highest BCUT2D eigenvalue weighted by molar-refractivity contribution is 7.92. The molecule has 0 spiro atoms. The van der Waals surface area contributed by atoms with E-state index in [9.17, 15) is 31.2 Å². The van der Waals surface area contributed by atoms with Crippen LogP contribution < -0.4 is 14.4 Å². The molecule has 0 bridgehead atoms. The van der Waals surface area contributed by atoms with Gasteiger partial charge in [-0.05, 0) is 74.9 Å². The van der Waals surface area contributed by atoms with Crippen LogP contribution in [0, 0.1) is 0 Å². The quantitative estimate of drug-likeness (QED) is 0.454. The Morgan fingerprint density at radius 1 is 1.16 bits per heavy atom. The van der Waals surface area contributed by atoms with Gasteiger partial charge in [-0.3, -0.25) is 14.4 Å². The van der Waals surface area contributed by atoms with Crippen LogP contribution in [-0.4, -0.2) is 50.0 Å². The number of aliphatic carboxylic acids is 1. The molecular formula is C25H27F3N2O7S. The number of halogens is 3. The number of nitrogens with zero attached hydrogens (tertiary/aromatic N) is 1. The third kappa shape index (κ3) is 5.98. The van der Waals surface area contributed by atoms with Gasteiger partial charge in [0, 0.05) is 12.1 Å². The van der Waals surface area contributed by atoms with E-state index in [1.807, 2.05) is 6.07 Å². The second kappa shape index (κ2) is 10.0. The molecule has 1 saturated carbocycles. The largest absolute Gasteiger partial charge is 0.486 e. The van der Waals surface area contributed by atoms with Gasteiger partial charge in [0.1, 0.15) is 11.9 Å². The van der Waals surface area contributed by atoms with E-state index in [4.69, 9.17) is 9.84 Å². The van der Waals surface area contributed by atoms with E-state index >= 15 is 0 Å². The summed E-state index contributed by atoms with van der Waals surface area (Å²) < 4.78 is 78.3. The molecule has 2 aromatic rings. The second-order valence-electron chi connectivity index (χ2n) is 9.76. The molecule has 0 aromatic heterocycles. The van der Waals surface area contributed by atoms with Crippen molar-refractivity contribution in [2.75, 3.05) is 16.2 Å². The predicted molar refractivity (Wildman–Crippen MR) is 131 cm³/mol. The molecule has 206 valence electrons. The van der Waals surface area contributed by atoms with Crippen molar-refractivity contribution in [2.24, 2.45) is 0 Å². The number of hydrogen-bond acceptors (Lipinski definition) is 6. The molecular weight excluding hydrogens is 529 g/mol. The maximum absolute atomic E-state index is 13.8. The highest BCUT2D eigenvalue weighted by Crippen LogP contribution is 2.43. The number of alkyl halides is 3. The molecule has 2 N–H and O–H groups in total. The predicted octanol–water partition coefficient (Wildman–Crippen LogP) is 5.27. The zero-order chi connectivity index (χ0) is 27.9. The van der Waals surface area contributed by atoms with E-state index in [2.05, 4.69) is 10.1 Å². The molecule has 0 saturated heterocycles. The minimum absolute atomic E-state index is 0.0220. The van der Waals surface area contributed by atoms with Crippen LogP contribution in [0.25, 0.3) is 0 Å². The van der Waals surface area contributed by atoms with Gasteiger partial charge in [-0.15, -0.1) is 0 Å². The number of rotatable bonds is 8. The summed E-state index contributed by atoms with van der Waals surface area (Å²) >= 11 is 0. The first-order valence-electron chi connectivity index (χ1n) is 11.9. The summed E-state index contributed by atoms with van der Waals surface area (Å²) in [6, 6.07) is 10.5. The Bertz CT molecular complexity index is 1340. The van der Waals surface area contributed by atoms with Crippen molar-refractivity contribution < 1.29 is 45.8 Å². The molecule has 9 nitrogen and oxygen atoms in total. The molecule has 1 amide bonds. The summed E-state index contributed by atoms with van der Waals surface area (Å²) in [7, 11) is -4.16. The van der Waals surface area contributed by atoms with Crippen LogP contribution in [0.2, 0.25) is 0 Å². The van der Waals surface area contributed by atoms with Crippen LogP contribution in [0.15, 0.2) is 47.4 Å². The van der Waals surface area contributed by atoms with E-state index < -0.39 is 40.0 Å². The Balaban J connectivity index is 1.66. The van der Waals surface area contributed by atoms with E-state index in [1.54, 1.807) is 12.1 Å². The number of anilines is 2. The number of carboxylic acid groups (broad SMARTS) is 1. The number of amides is 1. The average Bonchev–Trinajstić information content (AvgIpc) is 3.67. The first kappa shape index (κ1) is 27.6. The Kier molecular flexibility index (Phi) is 7.26. The molecule has 13 heteroatoms. The highest BCUT2D eigenvalue weighted by Gasteiger charge is 2.51. The lowest BCUT2D eigenvalue weighted by Crippen LogP contribution is -2.44. The Morgan fingerprint density at radius 3 is 2.50 bits per heavy atom. The number of carboxylic acids is 1. The van der Waals surface area contributed by atoms with Gasteiger partial charge < -0.3 is 14.6 Å². The molecule has 1 aliphatic heterocycles. The lowest BCUT2D eigenvalue weighted by molar-refractivity contribution is -0.242. The van der Waals surface area contributed by atoms with Gasteiger partial charge in [-0.1, -0.05) is 12.1 Å². The lowest BCUT2D eigenvalue weighted by atomic mass is 10.1. The highest BCUT2D eigenvalue weighted by atomic mass is 32.2. The number of benzene rings is 2. The van der Waals surface area contributed by atoms with Crippen LogP contribution in [0.5, 0.6) is 5.75 Å². The number of fused-ring (bicyclic) bond motifs is 1. The number of carbonyl (C=O) groups excluding carboxylic acids is 1. The minimum Gasteiger partial charge on any atom is -0.486 e. The van der Waals surface area contributed by atoms with Crippen LogP contribution in [0.1, 0.15) is 51.0 Å². The van der Waals surface area contributed by atoms with Gasteiger partial charge in [0.25, 0.3) is 10.0 Å². The number of carbonyl (C=O) groups is 2. The Morgan fingerprint density at radius 2 is 1.87 bits per heavy atom. The van der Waals surface area contributed by atoms with Crippen LogP contribution >= 0.6 is 0 Å². The number of sulfonamides is 1. The van der Waals surface area contributed by atoms with Crippen LogP contribution in [-0.2, 0) is 19.6 Å². The van der Waals surface area contributed by atoms with Gasteiger partial charge in [-0.2, -0.15) is 13.2 Å². The third-order valence-electron chi connectivity index (χ3n) is 6.34. The normalized spacial score (nSPS) is 17.8. The first-order valence-corrected chi connectivity index (χ1v) is 13.3. The van der Waals surface area contributed by atoms with Crippen molar-refractivity contribution in [1.82, 2.24) is 0 Å². The molecule has 1 fully saturated rings. The van der Waals surface area contributed by atoms with Gasteiger partial charge in [0.2, 0.25) is 5.60 Å². The zero-order valence-electron chi connectivity index (χ0n) is 20.6. The van der Waals surface area contributed by atoms with Gasteiger partial charge in [0.05, 0.1) is 17.1 Å². The van der Waals surface area contributed by atoms with Crippen LogP contribution in [0.4, 0.5) is 29.3 Å². The average molecular weight is 557 g/mol. The second-order valence-corrected chi connectivity index (χ2v) is 11.6. The Hall–Kier alpha value is -3.48. The maximum Gasteiger partial charge on any atom is 0.427 e. The van der Waals surface area contributed by atoms with Gasteiger partial charge in [0.15, 0.2) is 0 Å². The molecule has 1 aliphatic carbocycles. The van der Waals surface area contributed by atoms with Gasteiger partial charge in [-0.25, -0.2) is 13.2 Å². The monoisotopic (exact) mass is 556 g/mol. The summed E-state index contributed by atoms with van der Waals surface area (Å²) in [4.78, 5) is 23.3. The van der Waals surface area contributed by atoms with Crippen molar-refractivity contribution >= 4 is 33.5 Å². The summed E-state index contributed by atoms with van der Waals surface area (Å²) in [5, 5.41) is 11.3. The summed E-state index contributed by atoms with van der Waals surface area (Å²) in [6.07, 6.45) is -5.22. The molecule has 1 atom stereocenters. The van der Waals surface area contributed by atoms with Crippen molar-refractivity contribution in [3.8, 4) is 5.75 Å². The smallest absolute Gasteiger partial charge is 0.427 e. The summed E-state index contributed by atoms with van der Waals surface area (Å²) in [5.41, 5.74) is -1.84. The van der Waals surface area contributed by atoms with E-state index in [-0.39, 0.29) is 41.4 Å². The molecule has 1 unspecified atom stereocenters. The number of hydrogen-bond donors (Lipinski definition) is 2. The van der Waals surface area contributed by atoms with Crippen molar-refractivity contribution in [3.63, 3.8) is 0 Å². The SMILES string of the molecule is CC(C)(OC(=O)Nc1ccc2c(c1)N(S(=O)(=O)c1cccc(C3CC3)c1)CC(CCC(=O)O)O2)C(F)(F)F. The maximum atomic E-state index is 13.8. The summed E-state index contributed by atoms with van der Waals surface area (Å²) in [5.74, 6) is -0.651. The molecule has 2 aliphatic rings. The molecule has 38 heavy (non-hydrogen) atoms. The van der Waals surface area contributed by atoms with Crippen LogP contribution in [0.3, 0.4) is 0 Å².